The van der Waals surface area contributed by atoms with Gasteiger partial charge in [-0.15, -0.1) is 0 Å². The van der Waals surface area contributed by atoms with Gasteiger partial charge in [-0.05, 0) is 36.2 Å². The highest BCUT2D eigenvalue weighted by molar-refractivity contribution is 5.63. The summed E-state index contributed by atoms with van der Waals surface area (Å²) in [6.07, 6.45) is 0.608. The smallest absolute Gasteiger partial charge is 0.258 e. The Balaban J connectivity index is 1.86. The summed E-state index contributed by atoms with van der Waals surface area (Å²) < 4.78 is 5.24. The Kier molecular flexibility index (Phi) is 3.31. The molecule has 0 aliphatic heterocycles. The quantitative estimate of drug-likeness (QED) is 0.569. The van der Waals surface area contributed by atoms with Gasteiger partial charge in [0.15, 0.2) is 5.82 Å². The number of hydrogen-bond donors (Lipinski definition) is 2. The van der Waals surface area contributed by atoms with E-state index in [1.54, 1.807) is 12.1 Å². The lowest BCUT2D eigenvalue weighted by molar-refractivity contribution is 0.423. The van der Waals surface area contributed by atoms with Gasteiger partial charge in [0.1, 0.15) is 5.75 Å². The lowest BCUT2D eigenvalue weighted by Gasteiger charge is -2.01. The van der Waals surface area contributed by atoms with Crippen LogP contribution in [0.4, 0.5) is 5.69 Å². The van der Waals surface area contributed by atoms with Crippen LogP contribution in [-0.4, -0.2) is 15.2 Å². The molecular weight excluding hydrogens is 266 g/mol. The van der Waals surface area contributed by atoms with Gasteiger partial charge < -0.3 is 15.4 Å². The van der Waals surface area contributed by atoms with E-state index >= 15 is 0 Å². The van der Waals surface area contributed by atoms with Gasteiger partial charge >= 0.3 is 0 Å². The molecule has 0 atom stereocenters. The number of anilines is 1. The van der Waals surface area contributed by atoms with Crippen molar-refractivity contribution in [2.75, 3.05) is 5.73 Å². The van der Waals surface area contributed by atoms with Crippen molar-refractivity contribution in [2.24, 2.45) is 0 Å². The molecular formula is C16H15N3O2. The maximum atomic E-state index is 9.62. The molecule has 0 saturated heterocycles. The summed E-state index contributed by atoms with van der Waals surface area (Å²) in [7, 11) is 0. The van der Waals surface area contributed by atoms with E-state index in [1.165, 1.54) is 11.6 Å². The molecule has 5 nitrogen and oxygen atoms in total. The van der Waals surface area contributed by atoms with Crippen LogP contribution in [0.2, 0.25) is 0 Å². The molecule has 0 fully saturated rings. The van der Waals surface area contributed by atoms with Crippen molar-refractivity contribution in [1.82, 2.24) is 10.1 Å². The minimum atomic E-state index is 0.00570. The van der Waals surface area contributed by atoms with Crippen LogP contribution in [0.5, 0.6) is 5.75 Å². The van der Waals surface area contributed by atoms with E-state index in [0.29, 0.717) is 29.4 Å². The molecule has 0 aliphatic carbocycles. The minimum Gasteiger partial charge on any atom is -0.506 e. The topological polar surface area (TPSA) is 85.2 Å². The summed E-state index contributed by atoms with van der Waals surface area (Å²) in [4.78, 5) is 4.36. The average molecular weight is 281 g/mol. The Bertz CT molecular complexity index is 781. The number of nitrogens with zero attached hydrogens (tertiary/aromatic N) is 2. The SMILES string of the molecule is Cc1ccccc1Cc1noc(-c2ccc(N)c(O)c2)n1. The molecule has 0 aliphatic rings. The fraction of sp³-hybridized carbons (Fsp3) is 0.125. The van der Waals surface area contributed by atoms with Crippen LogP contribution in [0, 0.1) is 6.92 Å². The van der Waals surface area contributed by atoms with Crippen molar-refractivity contribution in [1.29, 1.82) is 0 Å². The second kappa shape index (κ2) is 5.28. The number of phenols is 1. The third kappa shape index (κ3) is 2.72. The number of nitrogen functional groups attached to an aromatic ring is 1. The summed E-state index contributed by atoms with van der Waals surface area (Å²) in [5.41, 5.74) is 8.88. The van der Waals surface area contributed by atoms with Gasteiger partial charge in [0.05, 0.1) is 5.69 Å². The van der Waals surface area contributed by atoms with Crippen LogP contribution in [-0.2, 0) is 6.42 Å². The molecule has 3 N–H and O–H groups in total. The molecule has 3 aromatic rings. The number of hydrogen-bond acceptors (Lipinski definition) is 5. The Morgan fingerprint density at radius 2 is 2.00 bits per heavy atom. The first-order valence-corrected chi connectivity index (χ1v) is 6.59. The van der Waals surface area contributed by atoms with Crippen molar-refractivity contribution in [3.63, 3.8) is 0 Å². The number of aromatic nitrogens is 2. The van der Waals surface area contributed by atoms with Gasteiger partial charge in [0.2, 0.25) is 0 Å². The number of rotatable bonds is 3. The fourth-order valence-electron chi connectivity index (χ4n) is 2.10. The summed E-state index contributed by atoms with van der Waals surface area (Å²) in [5.74, 6) is 0.982. The summed E-state index contributed by atoms with van der Waals surface area (Å²) in [5, 5.41) is 13.6. The van der Waals surface area contributed by atoms with Gasteiger partial charge in [0.25, 0.3) is 5.89 Å². The molecule has 106 valence electrons. The number of benzene rings is 2. The van der Waals surface area contributed by atoms with E-state index in [-0.39, 0.29) is 5.75 Å². The third-order valence-corrected chi connectivity index (χ3v) is 3.36. The Labute approximate surface area is 122 Å². The molecule has 1 heterocycles. The van der Waals surface area contributed by atoms with Crippen molar-refractivity contribution in [3.8, 4) is 17.2 Å². The number of aryl methyl sites for hydroxylation is 1. The Hall–Kier alpha value is -2.82. The molecule has 1 aromatic heterocycles. The van der Waals surface area contributed by atoms with Crippen LogP contribution in [0.1, 0.15) is 17.0 Å². The maximum absolute atomic E-state index is 9.62. The molecule has 3 rings (SSSR count). The van der Waals surface area contributed by atoms with E-state index in [9.17, 15) is 5.11 Å². The largest absolute Gasteiger partial charge is 0.506 e. The Morgan fingerprint density at radius 1 is 1.19 bits per heavy atom. The van der Waals surface area contributed by atoms with Crippen LogP contribution in [0.15, 0.2) is 47.0 Å². The Morgan fingerprint density at radius 3 is 2.76 bits per heavy atom. The highest BCUT2D eigenvalue weighted by Gasteiger charge is 2.11. The third-order valence-electron chi connectivity index (χ3n) is 3.36. The number of nitrogens with two attached hydrogens (primary N) is 1. The number of phenolic OH excluding ortho intramolecular Hbond substituents is 1. The first-order chi connectivity index (χ1) is 10.1. The number of aromatic hydroxyl groups is 1. The zero-order valence-electron chi connectivity index (χ0n) is 11.6. The van der Waals surface area contributed by atoms with Gasteiger partial charge in [-0.3, -0.25) is 0 Å². The van der Waals surface area contributed by atoms with Crippen LogP contribution in [0.25, 0.3) is 11.5 Å². The van der Waals surface area contributed by atoms with Crippen LogP contribution >= 0.6 is 0 Å². The lowest BCUT2D eigenvalue weighted by Crippen LogP contribution is -1.93. The molecule has 0 unspecified atom stereocenters. The molecule has 5 heteroatoms. The van der Waals surface area contributed by atoms with Gasteiger partial charge in [0, 0.05) is 12.0 Å². The molecule has 0 bridgehead atoms. The molecule has 0 spiro atoms. The van der Waals surface area contributed by atoms with Crippen molar-refractivity contribution in [2.45, 2.75) is 13.3 Å². The molecule has 0 amide bonds. The normalized spacial score (nSPS) is 10.7. The summed E-state index contributed by atoms with van der Waals surface area (Å²) >= 11 is 0. The molecule has 0 radical (unpaired) electrons. The predicted octanol–water partition coefficient (Wildman–Crippen LogP) is 2.92. The van der Waals surface area contributed by atoms with Gasteiger partial charge in [-0.1, -0.05) is 29.4 Å². The van der Waals surface area contributed by atoms with Gasteiger partial charge in [-0.2, -0.15) is 4.98 Å². The van der Waals surface area contributed by atoms with E-state index in [4.69, 9.17) is 10.3 Å². The van der Waals surface area contributed by atoms with Crippen molar-refractivity contribution < 1.29 is 9.63 Å². The first kappa shape index (κ1) is 13.2. The molecule has 21 heavy (non-hydrogen) atoms. The minimum absolute atomic E-state index is 0.00570. The molecule has 2 aromatic carbocycles. The van der Waals surface area contributed by atoms with Crippen molar-refractivity contribution in [3.05, 3.63) is 59.4 Å². The molecule has 0 saturated carbocycles. The van der Waals surface area contributed by atoms with Crippen LogP contribution < -0.4 is 5.73 Å². The maximum Gasteiger partial charge on any atom is 0.258 e. The predicted molar refractivity (Wildman–Crippen MR) is 79.8 cm³/mol. The van der Waals surface area contributed by atoms with E-state index < -0.39 is 0 Å². The second-order valence-corrected chi connectivity index (χ2v) is 4.89. The zero-order chi connectivity index (χ0) is 14.8. The van der Waals surface area contributed by atoms with Crippen LogP contribution in [0.3, 0.4) is 0 Å². The van der Waals surface area contributed by atoms with Gasteiger partial charge in [-0.25, -0.2) is 0 Å². The fourth-order valence-corrected chi connectivity index (χ4v) is 2.10. The van der Waals surface area contributed by atoms with Crippen molar-refractivity contribution >= 4 is 5.69 Å². The van der Waals surface area contributed by atoms with E-state index in [1.807, 2.05) is 31.2 Å². The second-order valence-electron chi connectivity index (χ2n) is 4.89. The monoisotopic (exact) mass is 281 g/mol. The standard InChI is InChI=1S/C16H15N3O2/c1-10-4-2-3-5-11(10)9-15-18-16(21-19-15)12-6-7-13(17)14(20)8-12/h2-8,20H,9,17H2,1H3. The lowest BCUT2D eigenvalue weighted by atomic mass is 10.1. The summed E-state index contributed by atoms with van der Waals surface area (Å²) in [6.45, 7) is 2.05. The summed E-state index contributed by atoms with van der Waals surface area (Å²) in [6, 6.07) is 12.9. The van der Waals surface area contributed by atoms with E-state index in [0.717, 1.165) is 5.56 Å². The highest BCUT2D eigenvalue weighted by atomic mass is 16.5. The van der Waals surface area contributed by atoms with E-state index in [2.05, 4.69) is 10.1 Å². The first-order valence-electron chi connectivity index (χ1n) is 6.59. The average Bonchev–Trinajstić information content (AvgIpc) is 2.93. The highest BCUT2D eigenvalue weighted by Crippen LogP contribution is 2.27. The zero-order valence-corrected chi connectivity index (χ0v) is 11.6.